The van der Waals surface area contributed by atoms with Crippen molar-refractivity contribution in [3.05, 3.63) is 87.2 Å². The molecule has 73 heavy (non-hydrogen) atoms. The van der Waals surface area contributed by atoms with Crippen molar-refractivity contribution in [3.8, 4) is 5.75 Å². The molecule has 2 N–H and O–H groups in total. The Balaban J connectivity index is 0.796. The summed E-state index contributed by atoms with van der Waals surface area (Å²) in [7, 11) is 1.62. The van der Waals surface area contributed by atoms with Gasteiger partial charge in [-0.3, -0.25) is 19.4 Å². The number of methoxy groups -OCH3 is 1. The van der Waals surface area contributed by atoms with Gasteiger partial charge in [0.1, 0.15) is 23.0 Å². The van der Waals surface area contributed by atoms with Gasteiger partial charge in [-0.2, -0.15) is 13.2 Å². The van der Waals surface area contributed by atoms with Crippen LogP contribution in [0.15, 0.2) is 48.5 Å². The van der Waals surface area contributed by atoms with E-state index in [1.807, 2.05) is 21.9 Å². The molecule has 3 aliphatic heterocycles. The number of hydrogen-bond donors (Lipinski definition) is 2. The lowest BCUT2D eigenvalue weighted by molar-refractivity contribution is -0.139. The van der Waals surface area contributed by atoms with Crippen LogP contribution in [-0.4, -0.2) is 133 Å². The predicted octanol–water partition coefficient (Wildman–Crippen LogP) is 9.80. The first-order chi connectivity index (χ1) is 34.7. The minimum Gasteiger partial charge on any atom is -0.496 e. The fraction of sp³-hybridized carbons (Fsp3) is 0.556. The molecule has 4 heterocycles. The van der Waals surface area contributed by atoms with Crippen molar-refractivity contribution in [3.63, 3.8) is 0 Å². The quantitative estimate of drug-likeness (QED) is 0.0915. The zero-order valence-electron chi connectivity index (χ0n) is 42.7. The van der Waals surface area contributed by atoms with Crippen molar-refractivity contribution >= 4 is 57.8 Å². The number of nitrogens with zero attached hydrogens (tertiary/aromatic N) is 6. The number of nitrogens with one attached hydrogen (secondary N) is 2. The van der Waals surface area contributed by atoms with Crippen LogP contribution in [0.2, 0.25) is 5.02 Å². The second kappa shape index (κ2) is 22.8. The molecule has 15 nitrogen and oxygen atoms in total. The summed E-state index contributed by atoms with van der Waals surface area (Å²) in [6, 6.07) is 11.4. The van der Waals surface area contributed by atoms with Crippen molar-refractivity contribution in [2.24, 2.45) is 5.92 Å². The number of ether oxygens (including phenoxy) is 3. The van der Waals surface area contributed by atoms with E-state index in [0.29, 0.717) is 90.4 Å². The lowest BCUT2D eigenvalue weighted by atomic mass is 9.77. The first-order valence-corrected chi connectivity index (χ1v) is 26.0. The molecule has 19 heteroatoms. The number of benzene rings is 3. The van der Waals surface area contributed by atoms with Gasteiger partial charge in [0.15, 0.2) is 0 Å². The smallest absolute Gasteiger partial charge is 0.416 e. The highest BCUT2D eigenvalue weighted by molar-refractivity contribution is 6.34. The molecule has 1 saturated carbocycles. The van der Waals surface area contributed by atoms with Crippen LogP contribution in [0.1, 0.15) is 134 Å². The van der Waals surface area contributed by atoms with Gasteiger partial charge in [0.05, 0.1) is 46.6 Å². The van der Waals surface area contributed by atoms with Gasteiger partial charge in [-0.25, -0.2) is 19.6 Å². The standard InChI is InChI=1S/C54H68ClF3N8O7/c1-33(38-27-39(51(69)73-53(3,4)5)29-40(28-38)54(56,57)58)60-48-43-31-42(47(71-6)32-45(43)61-34(2)62-48)35-9-11-36(12-10-35)49(67)65-24-22-63(23-25-65)18-8-26-72-41-15-20-64(21-16-41)50(68)37-13-14-44(55)46(30-37)66-19-7-17-59-52(66)70/h13-14,27-33,35-36,41H,7-12,15-26H2,1-6H3,(H,59,70)(H,60,61,62)/t33-,35?,36?/m1/s1. The number of carbonyl (C=O) groups excluding carboxylic acids is 4. The molecule has 0 radical (unpaired) electrons. The van der Waals surface area contributed by atoms with E-state index in [2.05, 4.69) is 25.5 Å². The average molecular weight is 1030 g/mol. The molecule has 3 aromatic carbocycles. The Morgan fingerprint density at radius 3 is 2.27 bits per heavy atom. The Kier molecular flexibility index (Phi) is 16.7. The molecule has 1 aromatic heterocycles. The summed E-state index contributed by atoms with van der Waals surface area (Å²) >= 11 is 6.44. The summed E-state index contributed by atoms with van der Waals surface area (Å²) in [5, 5.41) is 7.26. The number of urea groups is 1. The number of likely N-dealkylation sites (tertiary alicyclic amines) is 1. The SMILES string of the molecule is COc1cc2nc(C)nc(N[C@H](C)c3cc(C(=O)OC(C)(C)C)cc(C(F)(F)F)c3)c2cc1C1CCC(C(=O)N2CCN(CCCOC3CCN(C(=O)c4ccc(Cl)c(N5CCCNC5=O)c4)CC3)CC2)CC1. The maximum Gasteiger partial charge on any atom is 0.416 e. The van der Waals surface area contributed by atoms with Crippen molar-refractivity contribution in [1.82, 2.24) is 30.0 Å². The fourth-order valence-electron chi connectivity index (χ4n) is 10.5. The Labute approximate surface area is 430 Å². The predicted molar refractivity (Wildman–Crippen MR) is 274 cm³/mol. The number of esters is 1. The Morgan fingerprint density at radius 1 is 0.877 bits per heavy atom. The number of aryl methyl sites for hydroxylation is 1. The van der Waals surface area contributed by atoms with Gasteiger partial charge in [0.2, 0.25) is 5.91 Å². The molecular weight excluding hydrogens is 965 g/mol. The summed E-state index contributed by atoms with van der Waals surface area (Å²) < 4.78 is 59.9. The van der Waals surface area contributed by atoms with Crippen LogP contribution in [0.4, 0.5) is 29.5 Å². The van der Waals surface area contributed by atoms with E-state index in [0.717, 1.165) is 88.7 Å². The normalized spacial score (nSPS) is 19.9. The number of halogens is 4. The maximum absolute atomic E-state index is 14.1. The molecule has 1 aliphatic carbocycles. The second-order valence-electron chi connectivity index (χ2n) is 20.8. The maximum atomic E-state index is 14.1. The molecule has 4 aliphatic rings. The number of rotatable bonds is 14. The van der Waals surface area contributed by atoms with E-state index in [-0.39, 0.29) is 46.9 Å². The highest BCUT2D eigenvalue weighted by Crippen LogP contribution is 2.43. The Bertz CT molecular complexity index is 2660. The van der Waals surface area contributed by atoms with E-state index in [4.69, 9.17) is 25.8 Å². The third kappa shape index (κ3) is 13.2. The third-order valence-electron chi connectivity index (χ3n) is 14.4. The first-order valence-electron chi connectivity index (χ1n) is 25.6. The van der Waals surface area contributed by atoms with E-state index in [9.17, 15) is 32.3 Å². The molecule has 0 spiro atoms. The van der Waals surface area contributed by atoms with Crippen molar-refractivity contribution < 1.29 is 46.6 Å². The molecule has 4 aromatic rings. The monoisotopic (exact) mass is 1030 g/mol. The van der Waals surface area contributed by atoms with Gasteiger partial charge >= 0.3 is 18.2 Å². The summed E-state index contributed by atoms with van der Waals surface area (Å²) in [6.45, 7) is 15.3. The lowest BCUT2D eigenvalue weighted by Crippen LogP contribution is -2.50. The number of carbonyl (C=O) groups is 4. The Hall–Kier alpha value is -5.72. The molecule has 0 unspecified atom stereocenters. The van der Waals surface area contributed by atoms with E-state index < -0.39 is 29.4 Å². The molecule has 3 saturated heterocycles. The number of piperidine rings is 1. The average Bonchev–Trinajstić information content (AvgIpc) is 3.36. The second-order valence-corrected chi connectivity index (χ2v) is 21.2. The van der Waals surface area contributed by atoms with Gasteiger partial charge in [0, 0.05) is 88.4 Å². The number of hydrogen-bond acceptors (Lipinski definition) is 11. The van der Waals surface area contributed by atoms with Crippen LogP contribution < -0.4 is 20.3 Å². The highest BCUT2D eigenvalue weighted by atomic mass is 35.5. The number of amides is 4. The molecule has 394 valence electrons. The van der Waals surface area contributed by atoms with Gasteiger partial charge in [0.25, 0.3) is 5.91 Å². The fourth-order valence-corrected chi connectivity index (χ4v) is 10.7. The number of alkyl halides is 3. The van der Waals surface area contributed by atoms with E-state index in [1.165, 1.54) is 6.07 Å². The zero-order valence-corrected chi connectivity index (χ0v) is 43.5. The summed E-state index contributed by atoms with van der Waals surface area (Å²) in [4.78, 5) is 69.9. The highest BCUT2D eigenvalue weighted by Gasteiger charge is 2.35. The number of piperazine rings is 1. The van der Waals surface area contributed by atoms with Crippen LogP contribution in [0, 0.1) is 12.8 Å². The summed E-state index contributed by atoms with van der Waals surface area (Å²) in [5.41, 5.74) is 0.823. The lowest BCUT2D eigenvalue weighted by Gasteiger charge is -2.38. The van der Waals surface area contributed by atoms with Gasteiger partial charge in [-0.1, -0.05) is 11.6 Å². The van der Waals surface area contributed by atoms with Crippen molar-refractivity contribution in [1.29, 1.82) is 0 Å². The zero-order chi connectivity index (χ0) is 52.2. The molecule has 4 amide bonds. The van der Waals surface area contributed by atoms with Crippen LogP contribution in [0.25, 0.3) is 10.9 Å². The summed E-state index contributed by atoms with van der Waals surface area (Å²) in [6.07, 6.45) is 1.60. The number of aromatic nitrogens is 2. The van der Waals surface area contributed by atoms with Crippen molar-refractivity contribution in [2.75, 3.05) is 82.8 Å². The van der Waals surface area contributed by atoms with E-state index in [1.54, 1.807) is 64.8 Å². The number of anilines is 2. The molecule has 0 bridgehead atoms. The van der Waals surface area contributed by atoms with Gasteiger partial charge < -0.3 is 34.6 Å². The van der Waals surface area contributed by atoms with Crippen LogP contribution in [0.5, 0.6) is 5.75 Å². The van der Waals surface area contributed by atoms with Gasteiger partial charge in [-0.05, 0) is 145 Å². The molecular formula is C54H68ClF3N8O7. The van der Waals surface area contributed by atoms with Crippen LogP contribution >= 0.6 is 11.6 Å². The molecule has 4 fully saturated rings. The first kappa shape index (κ1) is 53.6. The number of fused-ring (bicyclic) bond motifs is 1. The Morgan fingerprint density at radius 2 is 1.60 bits per heavy atom. The largest absolute Gasteiger partial charge is 0.496 e. The van der Waals surface area contributed by atoms with Gasteiger partial charge in [-0.15, -0.1) is 0 Å². The van der Waals surface area contributed by atoms with E-state index >= 15 is 0 Å². The topological polar surface area (TPSA) is 159 Å². The summed E-state index contributed by atoms with van der Waals surface area (Å²) in [5.74, 6) is 0.883. The van der Waals surface area contributed by atoms with Crippen LogP contribution in [0.3, 0.4) is 0 Å². The molecule has 1 atom stereocenters. The van der Waals surface area contributed by atoms with Crippen molar-refractivity contribution in [2.45, 2.75) is 116 Å². The molecule has 8 rings (SSSR count). The van der Waals surface area contributed by atoms with Crippen LogP contribution in [-0.2, 0) is 20.4 Å². The minimum absolute atomic E-state index is 0.0714. The third-order valence-corrected chi connectivity index (χ3v) is 14.7. The minimum atomic E-state index is -4.69.